The van der Waals surface area contributed by atoms with E-state index >= 15 is 0 Å². The van der Waals surface area contributed by atoms with E-state index in [1.807, 2.05) is 5.51 Å². The minimum atomic E-state index is 0.703. The molecule has 1 aromatic carbocycles. The minimum Gasteiger partial charge on any atom is -0.330 e. The van der Waals surface area contributed by atoms with Crippen molar-refractivity contribution < 1.29 is 0 Å². The van der Waals surface area contributed by atoms with Crippen molar-refractivity contribution in [2.45, 2.75) is 26.4 Å². The van der Waals surface area contributed by atoms with Crippen LogP contribution in [0.2, 0.25) is 0 Å². The molecule has 102 valence electrons. The number of nitrogens with zero attached hydrogens (tertiary/aromatic N) is 2. The average molecular weight is 275 g/mol. The fraction of sp³-hybridized carbons (Fsp3) is 0.400. The molecule has 0 bridgehead atoms. The van der Waals surface area contributed by atoms with Gasteiger partial charge in [0.1, 0.15) is 0 Å². The molecule has 0 saturated heterocycles. The molecule has 0 atom stereocenters. The molecule has 0 aliphatic rings. The number of benzene rings is 1. The number of aromatic nitrogens is 1. The Morgan fingerprint density at radius 2 is 1.95 bits per heavy atom. The van der Waals surface area contributed by atoms with Crippen LogP contribution in [-0.4, -0.2) is 23.5 Å². The number of aryl methyl sites for hydroxylation is 1. The van der Waals surface area contributed by atoms with Crippen molar-refractivity contribution >= 4 is 11.3 Å². The molecule has 1 aromatic heterocycles. The van der Waals surface area contributed by atoms with Crippen LogP contribution in [0, 0.1) is 6.92 Å². The fourth-order valence-corrected chi connectivity index (χ4v) is 3.04. The van der Waals surface area contributed by atoms with Gasteiger partial charge >= 0.3 is 0 Å². The quantitative estimate of drug-likeness (QED) is 0.881. The summed E-state index contributed by atoms with van der Waals surface area (Å²) in [7, 11) is 2.15. The molecule has 3 nitrogen and oxygen atoms in total. The third kappa shape index (κ3) is 3.86. The van der Waals surface area contributed by atoms with Gasteiger partial charge in [0.05, 0.1) is 11.2 Å². The second-order valence-electron chi connectivity index (χ2n) is 4.84. The van der Waals surface area contributed by atoms with Gasteiger partial charge in [-0.2, -0.15) is 0 Å². The van der Waals surface area contributed by atoms with Crippen LogP contribution in [0.5, 0.6) is 0 Å². The third-order valence-corrected chi connectivity index (χ3v) is 4.15. The Hall–Kier alpha value is -1.23. The lowest BCUT2D eigenvalue weighted by Crippen LogP contribution is -2.18. The monoisotopic (exact) mass is 275 g/mol. The zero-order valence-corrected chi connectivity index (χ0v) is 12.4. The van der Waals surface area contributed by atoms with Crippen LogP contribution in [0.25, 0.3) is 0 Å². The van der Waals surface area contributed by atoms with E-state index in [-0.39, 0.29) is 0 Å². The second kappa shape index (κ2) is 6.80. The van der Waals surface area contributed by atoms with Crippen molar-refractivity contribution in [3.8, 4) is 0 Å². The number of hydrogen-bond donors (Lipinski definition) is 1. The predicted molar refractivity (Wildman–Crippen MR) is 81.2 cm³/mol. The maximum Gasteiger partial charge on any atom is 0.0798 e. The average Bonchev–Trinajstić information content (AvgIpc) is 2.78. The van der Waals surface area contributed by atoms with Crippen LogP contribution in [0.4, 0.5) is 0 Å². The molecular weight excluding hydrogens is 254 g/mol. The van der Waals surface area contributed by atoms with Crippen LogP contribution in [-0.2, 0) is 19.5 Å². The van der Waals surface area contributed by atoms with Gasteiger partial charge in [-0.05, 0) is 38.1 Å². The molecule has 0 radical (unpaired) electrons. The highest BCUT2D eigenvalue weighted by atomic mass is 32.1. The Morgan fingerprint density at radius 1 is 1.21 bits per heavy atom. The van der Waals surface area contributed by atoms with Gasteiger partial charge in [0.2, 0.25) is 0 Å². The molecule has 0 aliphatic carbocycles. The van der Waals surface area contributed by atoms with E-state index in [0.29, 0.717) is 6.54 Å². The van der Waals surface area contributed by atoms with Crippen LogP contribution in [0.15, 0.2) is 29.8 Å². The van der Waals surface area contributed by atoms with E-state index in [0.717, 1.165) is 25.2 Å². The first kappa shape index (κ1) is 14.2. The van der Waals surface area contributed by atoms with E-state index in [1.165, 1.54) is 16.0 Å². The Bertz CT molecular complexity index is 522. The zero-order valence-electron chi connectivity index (χ0n) is 11.6. The molecule has 0 unspecified atom stereocenters. The van der Waals surface area contributed by atoms with Crippen molar-refractivity contribution in [3.05, 3.63) is 51.5 Å². The standard InChI is InChI=1S/C15H21N3S/c1-12-15(19-11-17-12)10-18(2)9-14-6-4-3-5-13(14)7-8-16/h3-6,11H,7-10,16H2,1-2H3. The van der Waals surface area contributed by atoms with Crippen LogP contribution in [0.1, 0.15) is 21.7 Å². The molecule has 19 heavy (non-hydrogen) atoms. The first-order valence-corrected chi connectivity index (χ1v) is 7.43. The van der Waals surface area contributed by atoms with E-state index < -0.39 is 0 Å². The van der Waals surface area contributed by atoms with Crippen molar-refractivity contribution in [2.24, 2.45) is 5.73 Å². The number of hydrogen-bond acceptors (Lipinski definition) is 4. The maximum atomic E-state index is 5.67. The molecule has 0 aliphatic heterocycles. The first-order valence-electron chi connectivity index (χ1n) is 6.55. The van der Waals surface area contributed by atoms with Gasteiger partial charge in [-0.25, -0.2) is 4.98 Å². The third-order valence-electron chi connectivity index (χ3n) is 3.23. The van der Waals surface area contributed by atoms with E-state index in [9.17, 15) is 0 Å². The largest absolute Gasteiger partial charge is 0.330 e. The molecule has 4 heteroatoms. The van der Waals surface area contributed by atoms with Crippen molar-refractivity contribution in [1.82, 2.24) is 9.88 Å². The molecule has 0 spiro atoms. The molecule has 2 rings (SSSR count). The van der Waals surface area contributed by atoms with Crippen LogP contribution >= 0.6 is 11.3 Å². The van der Waals surface area contributed by atoms with Crippen molar-refractivity contribution in [3.63, 3.8) is 0 Å². The van der Waals surface area contributed by atoms with E-state index in [1.54, 1.807) is 11.3 Å². The maximum absolute atomic E-state index is 5.67. The molecular formula is C15H21N3S. The summed E-state index contributed by atoms with van der Waals surface area (Å²) in [6, 6.07) is 8.55. The van der Waals surface area contributed by atoms with Gasteiger partial charge in [0.15, 0.2) is 0 Å². The molecule has 2 aromatic rings. The Morgan fingerprint density at radius 3 is 2.58 bits per heavy atom. The summed E-state index contributed by atoms with van der Waals surface area (Å²) in [5.74, 6) is 0. The second-order valence-corrected chi connectivity index (χ2v) is 5.78. The van der Waals surface area contributed by atoms with Crippen LogP contribution in [0.3, 0.4) is 0 Å². The normalized spacial score (nSPS) is 11.2. The lowest BCUT2D eigenvalue weighted by molar-refractivity contribution is 0.320. The Kier molecular flexibility index (Phi) is 5.07. The van der Waals surface area contributed by atoms with Gasteiger partial charge in [-0.1, -0.05) is 24.3 Å². The highest BCUT2D eigenvalue weighted by Crippen LogP contribution is 2.17. The highest BCUT2D eigenvalue weighted by Gasteiger charge is 2.08. The summed E-state index contributed by atoms with van der Waals surface area (Å²) in [5.41, 5.74) is 11.5. The van der Waals surface area contributed by atoms with Gasteiger partial charge < -0.3 is 5.73 Å². The summed E-state index contributed by atoms with van der Waals surface area (Å²) >= 11 is 1.73. The SMILES string of the molecule is Cc1ncsc1CN(C)Cc1ccccc1CCN. The van der Waals surface area contributed by atoms with Gasteiger partial charge in [0.25, 0.3) is 0 Å². The zero-order chi connectivity index (χ0) is 13.7. The van der Waals surface area contributed by atoms with E-state index in [4.69, 9.17) is 5.73 Å². The van der Waals surface area contributed by atoms with E-state index in [2.05, 4.69) is 48.1 Å². The Labute approximate surface area is 119 Å². The molecule has 2 N–H and O–H groups in total. The van der Waals surface area contributed by atoms with Crippen molar-refractivity contribution in [1.29, 1.82) is 0 Å². The predicted octanol–water partition coefficient (Wildman–Crippen LogP) is 2.58. The lowest BCUT2D eigenvalue weighted by atomic mass is 10.0. The van der Waals surface area contributed by atoms with Crippen molar-refractivity contribution in [2.75, 3.05) is 13.6 Å². The topological polar surface area (TPSA) is 42.2 Å². The lowest BCUT2D eigenvalue weighted by Gasteiger charge is -2.18. The fourth-order valence-electron chi connectivity index (χ4n) is 2.18. The highest BCUT2D eigenvalue weighted by molar-refractivity contribution is 7.09. The number of nitrogens with two attached hydrogens (primary N) is 1. The molecule has 1 heterocycles. The first-order chi connectivity index (χ1) is 9.20. The van der Waals surface area contributed by atoms with Crippen LogP contribution < -0.4 is 5.73 Å². The summed E-state index contributed by atoms with van der Waals surface area (Å²) in [6.07, 6.45) is 0.948. The summed E-state index contributed by atoms with van der Waals surface area (Å²) in [6.45, 7) is 4.68. The summed E-state index contributed by atoms with van der Waals surface area (Å²) in [4.78, 5) is 7.97. The van der Waals surface area contributed by atoms with Gasteiger partial charge in [-0.15, -0.1) is 11.3 Å². The summed E-state index contributed by atoms with van der Waals surface area (Å²) < 4.78 is 0. The molecule has 0 saturated carbocycles. The molecule has 0 fully saturated rings. The Balaban J connectivity index is 2.02. The number of thiazole rings is 1. The molecule has 0 amide bonds. The van der Waals surface area contributed by atoms with Gasteiger partial charge in [0, 0.05) is 18.0 Å². The summed E-state index contributed by atoms with van der Waals surface area (Å²) in [5, 5.41) is 0. The smallest absolute Gasteiger partial charge is 0.0798 e. The van der Waals surface area contributed by atoms with Gasteiger partial charge in [-0.3, -0.25) is 4.90 Å². The minimum absolute atomic E-state index is 0.703. The number of rotatable bonds is 6.